The number of aliphatic hydroxyl groups excluding tert-OH is 1. The molecule has 2 aliphatic rings. The number of nitrogens with two attached hydrogens (primary N) is 1. The van der Waals surface area contributed by atoms with E-state index in [4.69, 9.17) is 11.0 Å². The van der Waals surface area contributed by atoms with Crippen LogP contribution in [0, 0.1) is 17.2 Å². The van der Waals surface area contributed by atoms with Crippen molar-refractivity contribution in [3.63, 3.8) is 0 Å². The Morgan fingerprint density at radius 1 is 1.33 bits per heavy atom. The summed E-state index contributed by atoms with van der Waals surface area (Å²) in [6.45, 7) is 0.490. The van der Waals surface area contributed by atoms with Crippen LogP contribution >= 0.6 is 0 Å². The standard InChI is InChI=1S/C19H19N5O5S/c1-23-14-3-2-10(6-12(14)19(27)30(23,28)29)13-8-22-18(21)17(26)16(13)24-5-4-11(7-20)15(25)9-24/h2-3,6,8,11,15,25-26H,4-5,9H2,1H3,(H2,21,22)/t11-,15+/m1/s1. The summed E-state index contributed by atoms with van der Waals surface area (Å²) in [5.74, 6) is -0.902. The molecule has 3 heterocycles. The zero-order chi connectivity index (χ0) is 21.8. The molecule has 0 bridgehead atoms. The van der Waals surface area contributed by atoms with Gasteiger partial charge < -0.3 is 20.8 Å². The van der Waals surface area contributed by atoms with E-state index in [0.29, 0.717) is 29.8 Å². The zero-order valence-electron chi connectivity index (χ0n) is 16.0. The molecule has 0 spiro atoms. The van der Waals surface area contributed by atoms with Gasteiger partial charge in [0.1, 0.15) is 0 Å². The first-order valence-corrected chi connectivity index (χ1v) is 10.6. The topological polar surface area (TPSA) is 161 Å². The Balaban J connectivity index is 1.83. The number of nitrogen functional groups attached to an aromatic ring is 1. The molecule has 0 unspecified atom stereocenters. The second-order valence-corrected chi connectivity index (χ2v) is 9.15. The molecule has 1 saturated heterocycles. The van der Waals surface area contributed by atoms with Crippen molar-refractivity contribution in [1.29, 1.82) is 5.26 Å². The molecule has 156 valence electrons. The number of rotatable bonds is 2. The summed E-state index contributed by atoms with van der Waals surface area (Å²) in [7, 11) is -2.78. The molecule has 10 nitrogen and oxygen atoms in total. The lowest BCUT2D eigenvalue weighted by atomic mass is 9.93. The van der Waals surface area contributed by atoms with Crippen LogP contribution in [0.3, 0.4) is 0 Å². The fourth-order valence-corrected chi connectivity index (χ4v) is 4.96. The average Bonchev–Trinajstić information content (AvgIpc) is 2.90. The van der Waals surface area contributed by atoms with Crippen LogP contribution in [0.2, 0.25) is 0 Å². The SMILES string of the molecule is CN1c2ccc(-c3cnc(N)c(O)c3N3CC[C@H](C#N)[C@@H](O)C3)cc2C(=O)S1(=O)=O. The molecule has 0 amide bonds. The maximum atomic E-state index is 12.3. The van der Waals surface area contributed by atoms with Gasteiger partial charge in [-0.2, -0.15) is 13.7 Å². The molecule has 30 heavy (non-hydrogen) atoms. The van der Waals surface area contributed by atoms with Gasteiger partial charge in [0.05, 0.1) is 35.0 Å². The largest absolute Gasteiger partial charge is 0.503 e. The summed E-state index contributed by atoms with van der Waals surface area (Å²) < 4.78 is 25.2. The maximum Gasteiger partial charge on any atom is 0.302 e. The van der Waals surface area contributed by atoms with Crippen molar-refractivity contribution in [3.05, 3.63) is 30.0 Å². The zero-order valence-corrected chi connectivity index (χ0v) is 16.8. The normalized spacial score (nSPS) is 22.6. The van der Waals surface area contributed by atoms with E-state index in [1.54, 1.807) is 11.0 Å². The van der Waals surface area contributed by atoms with Gasteiger partial charge in [0.15, 0.2) is 11.6 Å². The Morgan fingerprint density at radius 3 is 2.73 bits per heavy atom. The molecule has 2 aromatic rings. The van der Waals surface area contributed by atoms with Gasteiger partial charge in [-0.1, -0.05) is 6.07 Å². The average molecular weight is 429 g/mol. The number of β-amino-alcohol motifs (C(OH)–C–C–N with tert-alkyl or cyclic N) is 1. The van der Waals surface area contributed by atoms with E-state index < -0.39 is 27.2 Å². The van der Waals surface area contributed by atoms with E-state index in [1.165, 1.54) is 25.4 Å². The molecular weight excluding hydrogens is 410 g/mol. The van der Waals surface area contributed by atoms with E-state index in [0.717, 1.165) is 4.31 Å². The van der Waals surface area contributed by atoms with Crippen LogP contribution in [0.15, 0.2) is 24.4 Å². The van der Waals surface area contributed by atoms with Crippen LogP contribution in [0.5, 0.6) is 5.75 Å². The molecule has 2 aliphatic heterocycles. The number of benzene rings is 1. The lowest BCUT2D eigenvalue weighted by molar-refractivity contribution is 0.108. The summed E-state index contributed by atoms with van der Waals surface area (Å²) in [4.78, 5) is 18.0. The fourth-order valence-electron chi connectivity index (χ4n) is 3.86. The molecule has 1 fully saturated rings. The first-order chi connectivity index (χ1) is 14.2. The summed E-state index contributed by atoms with van der Waals surface area (Å²) in [5, 5.41) is 29.0. The van der Waals surface area contributed by atoms with Gasteiger partial charge >= 0.3 is 10.0 Å². The number of aliphatic hydroxyl groups is 1. The molecule has 0 saturated carbocycles. The highest BCUT2D eigenvalue weighted by Crippen LogP contribution is 2.44. The highest BCUT2D eigenvalue weighted by atomic mass is 32.2. The van der Waals surface area contributed by atoms with Crippen molar-refractivity contribution in [1.82, 2.24) is 4.98 Å². The highest BCUT2D eigenvalue weighted by molar-refractivity contribution is 8.08. The van der Waals surface area contributed by atoms with Crippen LogP contribution < -0.4 is 14.9 Å². The number of hydrogen-bond acceptors (Lipinski definition) is 9. The van der Waals surface area contributed by atoms with Crippen molar-refractivity contribution in [2.75, 3.05) is 35.1 Å². The minimum atomic E-state index is -4.09. The van der Waals surface area contributed by atoms with Crippen molar-refractivity contribution in [2.24, 2.45) is 5.92 Å². The third-order valence-corrected chi connectivity index (χ3v) is 7.19. The number of nitriles is 1. The molecule has 0 aliphatic carbocycles. The van der Waals surface area contributed by atoms with Crippen LogP contribution in [-0.2, 0) is 10.0 Å². The molecule has 1 aromatic heterocycles. The Kier molecular flexibility index (Phi) is 4.56. The Labute approximate surface area is 172 Å². The number of carbonyl (C=O) groups excluding carboxylic acids is 1. The molecule has 11 heteroatoms. The summed E-state index contributed by atoms with van der Waals surface area (Å²) in [6.07, 6.45) is 0.905. The molecule has 4 rings (SSSR count). The minimum absolute atomic E-state index is 0.0282. The summed E-state index contributed by atoms with van der Waals surface area (Å²) in [6, 6.07) is 6.64. The van der Waals surface area contributed by atoms with Crippen molar-refractivity contribution < 1.29 is 23.4 Å². The third kappa shape index (κ3) is 2.84. The Bertz CT molecular complexity index is 1210. The number of nitrogens with zero attached hydrogens (tertiary/aromatic N) is 4. The lowest BCUT2D eigenvalue weighted by Crippen LogP contribution is -2.43. The van der Waals surface area contributed by atoms with Crippen molar-refractivity contribution >= 4 is 32.3 Å². The number of carbonyl (C=O) groups is 1. The fraction of sp³-hybridized carbons (Fsp3) is 0.316. The van der Waals surface area contributed by atoms with Crippen LogP contribution in [-0.4, -0.2) is 55.0 Å². The predicted octanol–water partition coefficient (Wildman–Crippen LogP) is 0.667. The molecule has 1 aromatic carbocycles. The van der Waals surface area contributed by atoms with Gasteiger partial charge in [-0.3, -0.25) is 9.10 Å². The Hall–Kier alpha value is -3.36. The number of fused-ring (bicyclic) bond motifs is 1. The lowest BCUT2D eigenvalue weighted by Gasteiger charge is -2.36. The van der Waals surface area contributed by atoms with Crippen LogP contribution in [0.4, 0.5) is 17.2 Å². The van der Waals surface area contributed by atoms with Crippen LogP contribution in [0.25, 0.3) is 11.1 Å². The second-order valence-electron chi connectivity index (χ2n) is 7.28. The highest BCUT2D eigenvalue weighted by Gasteiger charge is 2.40. The molecule has 2 atom stereocenters. The van der Waals surface area contributed by atoms with Crippen molar-refractivity contribution in [2.45, 2.75) is 12.5 Å². The third-order valence-electron chi connectivity index (χ3n) is 5.58. The van der Waals surface area contributed by atoms with Gasteiger partial charge in [-0.05, 0) is 24.1 Å². The second kappa shape index (κ2) is 6.86. The first-order valence-electron chi connectivity index (χ1n) is 9.14. The monoisotopic (exact) mass is 429 g/mol. The maximum absolute atomic E-state index is 12.3. The van der Waals surface area contributed by atoms with E-state index in [2.05, 4.69) is 11.1 Å². The smallest absolute Gasteiger partial charge is 0.302 e. The minimum Gasteiger partial charge on any atom is -0.503 e. The number of aromatic nitrogens is 1. The number of anilines is 3. The number of pyridine rings is 1. The van der Waals surface area contributed by atoms with Crippen LogP contribution in [0.1, 0.15) is 16.8 Å². The van der Waals surface area contributed by atoms with Crippen molar-refractivity contribution in [3.8, 4) is 22.9 Å². The molecule has 0 radical (unpaired) electrons. The number of hydrogen-bond donors (Lipinski definition) is 3. The van der Waals surface area contributed by atoms with Gasteiger partial charge in [-0.25, -0.2) is 4.98 Å². The number of piperidine rings is 1. The first kappa shape index (κ1) is 19.9. The van der Waals surface area contributed by atoms with E-state index in [-0.39, 0.29) is 29.4 Å². The van der Waals surface area contributed by atoms with Gasteiger partial charge in [0.25, 0.3) is 5.12 Å². The van der Waals surface area contributed by atoms with E-state index >= 15 is 0 Å². The molecule has 4 N–H and O–H groups in total. The van der Waals surface area contributed by atoms with Gasteiger partial charge in [0, 0.05) is 31.9 Å². The summed E-state index contributed by atoms with van der Waals surface area (Å²) in [5.41, 5.74) is 7.27. The predicted molar refractivity (Wildman–Crippen MR) is 109 cm³/mol. The van der Waals surface area contributed by atoms with E-state index in [1.807, 2.05) is 0 Å². The van der Waals surface area contributed by atoms with Gasteiger partial charge in [-0.15, -0.1) is 0 Å². The number of aromatic hydroxyl groups is 1. The molecular formula is C19H19N5O5S. The quantitative estimate of drug-likeness (QED) is 0.623. The van der Waals surface area contributed by atoms with Gasteiger partial charge in [0.2, 0.25) is 0 Å². The number of sulfonamides is 1. The summed E-state index contributed by atoms with van der Waals surface area (Å²) >= 11 is 0. The van der Waals surface area contributed by atoms with E-state index in [9.17, 15) is 23.4 Å². The Morgan fingerprint density at radius 2 is 2.07 bits per heavy atom.